The number of imide groups is 1. The van der Waals surface area contributed by atoms with Crippen molar-refractivity contribution in [3.05, 3.63) is 28.2 Å². The first kappa shape index (κ1) is 17.5. The van der Waals surface area contributed by atoms with Gasteiger partial charge in [0, 0.05) is 10.0 Å². The number of likely N-dealkylation sites (N-methyl/N-ethyl adjacent to an activating group) is 1. The van der Waals surface area contributed by atoms with Gasteiger partial charge in [0.05, 0.1) is 21.3 Å². The number of halogens is 1. The highest BCUT2D eigenvalue weighted by atomic mass is 79.9. The summed E-state index contributed by atoms with van der Waals surface area (Å²) in [5, 5.41) is 2.17. The van der Waals surface area contributed by atoms with Gasteiger partial charge >= 0.3 is 6.09 Å². The zero-order valence-electron chi connectivity index (χ0n) is 12.5. The molecule has 116 valence electrons. The van der Waals surface area contributed by atoms with E-state index in [-0.39, 0.29) is 5.91 Å². The second-order valence-corrected chi connectivity index (χ2v) is 5.60. The van der Waals surface area contributed by atoms with Gasteiger partial charge in [0.1, 0.15) is 12.3 Å². The normalized spacial score (nSPS) is 13.2. The van der Waals surface area contributed by atoms with Crippen LogP contribution in [0.5, 0.6) is 5.75 Å². The maximum absolute atomic E-state index is 11.9. The maximum Gasteiger partial charge on any atom is 0.413 e. The van der Waals surface area contributed by atoms with Crippen molar-refractivity contribution < 1.29 is 24.0 Å². The summed E-state index contributed by atoms with van der Waals surface area (Å²) in [6.07, 6.45) is -0.750. The lowest BCUT2D eigenvalue weighted by Gasteiger charge is -2.21. The van der Waals surface area contributed by atoms with Gasteiger partial charge in [-0.2, -0.15) is 0 Å². The summed E-state index contributed by atoms with van der Waals surface area (Å²) in [4.78, 5) is 23.9. The van der Waals surface area contributed by atoms with Crippen LogP contribution >= 0.6 is 15.9 Å². The Morgan fingerprint density at radius 2 is 2.05 bits per heavy atom. The average molecular weight is 360 g/mol. The second-order valence-electron chi connectivity index (χ2n) is 4.68. The Kier molecular flexibility index (Phi) is 6.64. The Bertz CT molecular complexity index is 522. The van der Waals surface area contributed by atoms with Gasteiger partial charge in [-0.15, -0.1) is 0 Å². The van der Waals surface area contributed by atoms with Crippen LogP contribution in [0.3, 0.4) is 0 Å². The van der Waals surface area contributed by atoms with Crippen LogP contribution in [0.4, 0.5) is 4.79 Å². The van der Waals surface area contributed by atoms with Crippen molar-refractivity contribution in [1.29, 1.82) is 0 Å². The molecule has 1 aromatic carbocycles. The number of alkyl carbamates (subject to hydrolysis) is 1. The lowest BCUT2D eigenvalue weighted by Crippen LogP contribution is -3.12. The average Bonchev–Trinajstić information content (AvgIpc) is 2.46. The molecule has 0 aromatic heterocycles. The van der Waals surface area contributed by atoms with Crippen molar-refractivity contribution in [1.82, 2.24) is 5.32 Å². The zero-order chi connectivity index (χ0) is 16.0. The third kappa shape index (κ3) is 5.02. The molecule has 2 N–H and O–H groups in total. The fourth-order valence-corrected chi connectivity index (χ4v) is 2.23. The lowest BCUT2D eigenvalue weighted by atomic mass is 10.1. The first-order valence-electron chi connectivity index (χ1n) is 6.42. The number of quaternary nitrogens is 1. The molecule has 6 nitrogen and oxygen atoms in total. The standard InChI is InChI=1S/C14H19BrN2O4/c1-9(13(18)16-14(19)21-4)17(2)8-10-7-11(15)5-6-12(10)20-3/h5-7,9H,8H2,1-4H3,(H,16,18,19)/p+1/t9-/m0/s1. The fraction of sp³-hybridized carbons (Fsp3) is 0.429. The molecule has 2 atom stereocenters. The van der Waals surface area contributed by atoms with Crippen LogP contribution in [0, 0.1) is 0 Å². The van der Waals surface area contributed by atoms with Gasteiger partial charge in [-0.1, -0.05) is 15.9 Å². The number of amides is 2. The molecule has 0 aliphatic heterocycles. The second kappa shape index (κ2) is 7.99. The first-order valence-corrected chi connectivity index (χ1v) is 7.21. The van der Waals surface area contributed by atoms with Gasteiger partial charge < -0.3 is 14.4 Å². The van der Waals surface area contributed by atoms with Gasteiger partial charge in [0.25, 0.3) is 5.91 Å². The molecule has 1 aromatic rings. The number of ether oxygens (including phenoxy) is 2. The molecule has 0 aliphatic carbocycles. The van der Waals surface area contributed by atoms with Crippen molar-refractivity contribution in [2.45, 2.75) is 19.5 Å². The summed E-state index contributed by atoms with van der Waals surface area (Å²) in [6.45, 7) is 2.33. The molecular formula is C14H20BrN2O4+. The molecular weight excluding hydrogens is 340 g/mol. The van der Waals surface area contributed by atoms with Crippen LogP contribution in [-0.4, -0.2) is 39.3 Å². The van der Waals surface area contributed by atoms with Crippen molar-refractivity contribution in [2.24, 2.45) is 0 Å². The summed E-state index contributed by atoms with van der Waals surface area (Å²) >= 11 is 3.42. The minimum Gasteiger partial charge on any atom is -0.496 e. The number of carbonyl (C=O) groups is 2. The molecule has 1 unspecified atom stereocenters. The Labute approximate surface area is 132 Å². The quantitative estimate of drug-likeness (QED) is 0.813. The number of hydrogen-bond acceptors (Lipinski definition) is 4. The summed E-state index contributed by atoms with van der Waals surface area (Å²) in [5.41, 5.74) is 0.974. The van der Waals surface area contributed by atoms with E-state index in [0.717, 1.165) is 20.7 Å². The minimum atomic E-state index is -0.750. The third-order valence-electron chi connectivity index (χ3n) is 3.25. The van der Waals surface area contributed by atoms with Crippen LogP contribution in [0.15, 0.2) is 22.7 Å². The molecule has 0 saturated carbocycles. The summed E-state index contributed by atoms with van der Waals surface area (Å²) < 4.78 is 10.7. The van der Waals surface area contributed by atoms with Crippen LogP contribution in [0.25, 0.3) is 0 Å². The topological polar surface area (TPSA) is 69.1 Å². The Morgan fingerprint density at radius 3 is 2.62 bits per heavy atom. The minimum absolute atomic E-state index is 0.381. The van der Waals surface area contributed by atoms with Crippen molar-refractivity contribution in [2.75, 3.05) is 21.3 Å². The van der Waals surface area contributed by atoms with E-state index in [1.807, 2.05) is 25.2 Å². The van der Waals surface area contributed by atoms with E-state index >= 15 is 0 Å². The van der Waals surface area contributed by atoms with Crippen molar-refractivity contribution in [3.8, 4) is 5.75 Å². The number of nitrogens with one attached hydrogen (secondary N) is 2. The number of hydrogen-bond donors (Lipinski definition) is 2. The van der Waals surface area contributed by atoms with Crippen molar-refractivity contribution in [3.63, 3.8) is 0 Å². The molecule has 0 fully saturated rings. The van der Waals surface area contributed by atoms with E-state index < -0.39 is 12.1 Å². The predicted molar refractivity (Wildman–Crippen MR) is 81.3 cm³/mol. The van der Waals surface area contributed by atoms with Gasteiger partial charge in [-0.3, -0.25) is 10.1 Å². The molecule has 0 bridgehead atoms. The highest BCUT2D eigenvalue weighted by Crippen LogP contribution is 2.22. The van der Waals surface area contributed by atoms with Crippen molar-refractivity contribution >= 4 is 27.9 Å². The highest BCUT2D eigenvalue weighted by molar-refractivity contribution is 9.10. The van der Waals surface area contributed by atoms with E-state index in [2.05, 4.69) is 26.0 Å². The molecule has 2 amide bonds. The molecule has 0 aliphatic rings. The number of carbonyl (C=O) groups excluding carboxylic acids is 2. The van der Waals surface area contributed by atoms with Gasteiger partial charge in [-0.25, -0.2) is 4.79 Å². The Morgan fingerprint density at radius 1 is 1.38 bits per heavy atom. The first-order chi connectivity index (χ1) is 9.88. The largest absolute Gasteiger partial charge is 0.496 e. The predicted octanol–water partition coefficient (Wildman–Crippen LogP) is 0.743. The number of benzene rings is 1. The molecule has 21 heavy (non-hydrogen) atoms. The number of methoxy groups -OCH3 is 2. The molecule has 1 rings (SSSR count). The molecule has 0 spiro atoms. The summed E-state index contributed by atoms with van der Waals surface area (Å²) in [7, 11) is 4.70. The van der Waals surface area contributed by atoms with E-state index in [4.69, 9.17) is 4.74 Å². The molecule has 7 heteroatoms. The van der Waals surface area contributed by atoms with Gasteiger partial charge in [-0.05, 0) is 25.1 Å². The highest BCUT2D eigenvalue weighted by Gasteiger charge is 2.24. The zero-order valence-corrected chi connectivity index (χ0v) is 14.1. The maximum atomic E-state index is 11.9. The van der Waals surface area contributed by atoms with E-state index in [9.17, 15) is 9.59 Å². The number of rotatable bonds is 5. The molecule has 0 radical (unpaired) electrons. The van der Waals surface area contributed by atoms with Gasteiger partial charge in [0.15, 0.2) is 6.04 Å². The smallest absolute Gasteiger partial charge is 0.413 e. The Balaban J connectivity index is 2.76. The lowest BCUT2D eigenvalue weighted by molar-refractivity contribution is -0.908. The van der Waals surface area contributed by atoms with E-state index in [1.165, 1.54) is 7.11 Å². The summed E-state index contributed by atoms with van der Waals surface area (Å²) in [5.74, 6) is 0.381. The Hall–Kier alpha value is -1.60. The van der Waals surface area contributed by atoms with Crippen LogP contribution < -0.4 is 15.0 Å². The summed E-state index contributed by atoms with van der Waals surface area (Å²) in [6, 6.07) is 5.30. The molecule has 0 heterocycles. The van der Waals surface area contributed by atoms with Crippen LogP contribution in [0.2, 0.25) is 0 Å². The van der Waals surface area contributed by atoms with E-state index in [1.54, 1.807) is 14.0 Å². The fourth-order valence-electron chi connectivity index (χ4n) is 1.82. The van der Waals surface area contributed by atoms with Crippen LogP contribution in [0.1, 0.15) is 12.5 Å². The SMILES string of the molecule is COC(=O)NC(=O)[C@H](C)[NH+](C)Cc1cc(Br)ccc1OC. The monoisotopic (exact) mass is 359 g/mol. The third-order valence-corrected chi connectivity index (χ3v) is 3.75. The van der Waals surface area contributed by atoms with Gasteiger partial charge in [0.2, 0.25) is 0 Å². The molecule has 0 saturated heterocycles. The van der Waals surface area contributed by atoms with Crippen LogP contribution in [-0.2, 0) is 16.1 Å². The van der Waals surface area contributed by atoms with E-state index in [0.29, 0.717) is 6.54 Å².